The van der Waals surface area contributed by atoms with Crippen molar-refractivity contribution in [1.82, 2.24) is 15.5 Å². The van der Waals surface area contributed by atoms with E-state index in [9.17, 15) is 4.79 Å². The average Bonchev–Trinajstić information content (AvgIpc) is 2.61. The molecule has 1 aromatic carbocycles. The van der Waals surface area contributed by atoms with E-state index in [2.05, 4.69) is 40.9 Å². The highest BCUT2D eigenvalue weighted by Gasteiger charge is 2.19. The van der Waals surface area contributed by atoms with Crippen LogP contribution < -0.4 is 10.6 Å². The number of halogens is 1. The molecular weight excluding hydrogens is 487 g/mol. The zero-order valence-corrected chi connectivity index (χ0v) is 21.2. The molecular formula is C20H35IN4O2S. The molecule has 0 spiro atoms. The van der Waals surface area contributed by atoms with Gasteiger partial charge in [-0.25, -0.2) is 4.79 Å². The molecule has 0 aliphatic carbocycles. The molecule has 160 valence electrons. The van der Waals surface area contributed by atoms with Crippen molar-refractivity contribution in [2.24, 2.45) is 4.99 Å². The molecule has 0 bridgehead atoms. The number of amides is 1. The molecule has 0 aliphatic heterocycles. The minimum absolute atomic E-state index is 0. The Kier molecular flexibility index (Phi) is 12.6. The second-order valence-corrected chi connectivity index (χ2v) is 8.78. The maximum absolute atomic E-state index is 12.0. The lowest BCUT2D eigenvalue weighted by Crippen LogP contribution is -2.39. The number of nitrogens with one attached hydrogen (secondary N) is 2. The molecule has 2 N–H and O–H groups in total. The van der Waals surface area contributed by atoms with Gasteiger partial charge >= 0.3 is 6.09 Å². The van der Waals surface area contributed by atoms with E-state index in [0.29, 0.717) is 18.3 Å². The third-order valence-corrected chi connectivity index (χ3v) is 4.76. The second-order valence-electron chi connectivity index (χ2n) is 7.51. The molecule has 0 aromatic heterocycles. The minimum Gasteiger partial charge on any atom is -0.444 e. The van der Waals surface area contributed by atoms with Crippen LogP contribution >= 0.6 is 35.7 Å². The van der Waals surface area contributed by atoms with Gasteiger partial charge in [0.05, 0.1) is 0 Å². The van der Waals surface area contributed by atoms with Crippen molar-refractivity contribution in [2.45, 2.75) is 51.6 Å². The highest BCUT2D eigenvalue weighted by atomic mass is 127. The minimum atomic E-state index is -0.485. The standard InChI is InChI=1S/C20H34N4O2S.HI/c1-15(27-7)12-22-18(21-5)23-13-16-8-10-17(11-9-16)14-24(6)19(25)26-20(2,3)4;/h8-11,15H,12-14H2,1-7H3,(H2,21,22,23);1H. The zero-order valence-electron chi connectivity index (χ0n) is 18.0. The normalized spacial score (nSPS) is 12.6. The first-order valence-corrected chi connectivity index (χ1v) is 10.4. The average molecular weight is 522 g/mol. The van der Waals surface area contributed by atoms with Gasteiger partial charge in [-0.3, -0.25) is 4.99 Å². The summed E-state index contributed by atoms with van der Waals surface area (Å²) in [6.45, 7) is 9.85. The van der Waals surface area contributed by atoms with Crippen LogP contribution in [0.2, 0.25) is 0 Å². The molecule has 1 unspecified atom stereocenters. The molecule has 6 nitrogen and oxygen atoms in total. The van der Waals surface area contributed by atoms with Gasteiger partial charge in [0.2, 0.25) is 0 Å². The summed E-state index contributed by atoms with van der Waals surface area (Å²) in [5, 5.41) is 7.17. The Morgan fingerprint density at radius 3 is 2.29 bits per heavy atom. The Morgan fingerprint density at radius 2 is 1.79 bits per heavy atom. The number of aliphatic imine (C=N–C) groups is 1. The van der Waals surface area contributed by atoms with Crippen LogP contribution in [0.5, 0.6) is 0 Å². The van der Waals surface area contributed by atoms with E-state index >= 15 is 0 Å². The van der Waals surface area contributed by atoms with Crippen LogP contribution in [0, 0.1) is 0 Å². The van der Waals surface area contributed by atoms with Crippen LogP contribution in [-0.2, 0) is 17.8 Å². The van der Waals surface area contributed by atoms with Gasteiger partial charge in [-0.15, -0.1) is 24.0 Å². The van der Waals surface area contributed by atoms with Crippen LogP contribution in [0.4, 0.5) is 4.79 Å². The number of benzene rings is 1. The van der Waals surface area contributed by atoms with Gasteiger partial charge < -0.3 is 20.3 Å². The summed E-state index contributed by atoms with van der Waals surface area (Å²) in [5.74, 6) is 0.796. The van der Waals surface area contributed by atoms with Crippen molar-refractivity contribution in [3.05, 3.63) is 35.4 Å². The molecule has 0 heterocycles. The Hall–Kier alpha value is -1.16. The number of guanidine groups is 1. The highest BCUT2D eigenvalue weighted by Crippen LogP contribution is 2.12. The van der Waals surface area contributed by atoms with Crippen molar-refractivity contribution in [1.29, 1.82) is 0 Å². The van der Waals surface area contributed by atoms with E-state index in [1.165, 1.54) is 0 Å². The van der Waals surface area contributed by atoms with Gasteiger partial charge in [0.15, 0.2) is 5.96 Å². The zero-order chi connectivity index (χ0) is 20.4. The maximum atomic E-state index is 12.0. The highest BCUT2D eigenvalue weighted by molar-refractivity contribution is 14.0. The van der Waals surface area contributed by atoms with E-state index in [1.54, 1.807) is 19.0 Å². The van der Waals surface area contributed by atoms with Crippen LogP contribution in [0.25, 0.3) is 0 Å². The molecule has 0 aliphatic rings. The molecule has 28 heavy (non-hydrogen) atoms. The molecule has 0 saturated heterocycles. The van der Waals surface area contributed by atoms with E-state index in [4.69, 9.17) is 4.74 Å². The van der Waals surface area contributed by atoms with Gasteiger partial charge in [-0.05, 0) is 38.2 Å². The molecule has 1 atom stereocenters. The van der Waals surface area contributed by atoms with Gasteiger partial charge in [-0.1, -0.05) is 31.2 Å². The maximum Gasteiger partial charge on any atom is 0.410 e. The van der Waals surface area contributed by atoms with Gasteiger partial charge in [0.25, 0.3) is 0 Å². The van der Waals surface area contributed by atoms with E-state index in [-0.39, 0.29) is 30.1 Å². The summed E-state index contributed by atoms with van der Waals surface area (Å²) < 4.78 is 5.38. The number of carbonyl (C=O) groups excluding carboxylic acids is 1. The van der Waals surface area contributed by atoms with E-state index in [1.807, 2.05) is 44.7 Å². The van der Waals surface area contributed by atoms with Crippen molar-refractivity contribution in [3.8, 4) is 0 Å². The Bertz CT molecular complexity index is 618. The summed E-state index contributed by atoms with van der Waals surface area (Å²) in [6.07, 6.45) is 1.78. The van der Waals surface area contributed by atoms with Crippen LogP contribution in [0.15, 0.2) is 29.3 Å². The fourth-order valence-corrected chi connectivity index (χ4v) is 2.42. The monoisotopic (exact) mass is 522 g/mol. The van der Waals surface area contributed by atoms with E-state index in [0.717, 1.165) is 23.6 Å². The van der Waals surface area contributed by atoms with Gasteiger partial charge in [0.1, 0.15) is 5.60 Å². The number of thioether (sulfide) groups is 1. The summed E-state index contributed by atoms with van der Waals surface area (Å²) in [6, 6.07) is 8.18. The first kappa shape index (κ1) is 26.8. The molecule has 0 radical (unpaired) electrons. The van der Waals surface area contributed by atoms with Crippen molar-refractivity contribution < 1.29 is 9.53 Å². The number of hydrogen-bond acceptors (Lipinski definition) is 4. The van der Waals surface area contributed by atoms with Crippen LogP contribution in [0.1, 0.15) is 38.8 Å². The van der Waals surface area contributed by atoms with Crippen LogP contribution in [0.3, 0.4) is 0 Å². The van der Waals surface area contributed by atoms with Crippen LogP contribution in [-0.4, -0.2) is 54.7 Å². The van der Waals surface area contributed by atoms with E-state index < -0.39 is 5.60 Å². The third kappa shape index (κ3) is 11.0. The Morgan fingerprint density at radius 1 is 1.21 bits per heavy atom. The second kappa shape index (κ2) is 13.1. The molecule has 0 fully saturated rings. The lowest BCUT2D eigenvalue weighted by Gasteiger charge is -2.24. The summed E-state index contributed by atoms with van der Waals surface area (Å²) in [5.41, 5.74) is 1.73. The summed E-state index contributed by atoms with van der Waals surface area (Å²) in [7, 11) is 3.52. The molecule has 1 amide bonds. The quantitative estimate of drug-likeness (QED) is 0.321. The largest absolute Gasteiger partial charge is 0.444 e. The SMILES string of the molecule is CN=C(NCc1ccc(CN(C)C(=O)OC(C)(C)C)cc1)NCC(C)SC.I. The number of hydrogen-bond donors (Lipinski definition) is 2. The predicted molar refractivity (Wildman–Crippen MR) is 131 cm³/mol. The fraction of sp³-hybridized carbons (Fsp3) is 0.600. The van der Waals surface area contributed by atoms with Crippen molar-refractivity contribution in [2.75, 3.05) is 26.9 Å². The first-order chi connectivity index (χ1) is 12.6. The molecule has 1 rings (SSSR count). The molecule has 1 aromatic rings. The molecule has 8 heteroatoms. The fourth-order valence-electron chi connectivity index (χ4n) is 2.17. The smallest absolute Gasteiger partial charge is 0.410 e. The number of ether oxygens (including phenoxy) is 1. The summed E-state index contributed by atoms with van der Waals surface area (Å²) >= 11 is 1.82. The number of nitrogens with zero attached hydrogens (tertiary/aromatic N) is 2. The third-order valence-electron chi connectivity index (χ3n) is 3.79. The Labute approximate surface area is 191 Å². The summed E-state index contributed by atoms with van der Waals surface area (Å²) in [4.78, 5) is 17.9. The lowest BCUT2D eigenvalue weighted by molar-refractivity contribution is 0.0285. The Balaban J connectivity index is 0.00000729. The van der Waals surface area contributed by atoms with Gasteiger partial charge in [-0.2, -0.15) is 11.8 Å². The van der Waals surface area contributed by atoms with Gasteiger partial charge in [0, 0.05) is 39.0 Å². The van der Waals surface area contributed by atoms with Crippen molar-refractivity contribution in [3.63, 3.8) is 0 Å². The predicted octanol–water partition coefficient (Wildman–Crippen LogP) is 4.09. The first-order valence-electron chi connectivity index (χ1n) is 9.14. The lowest BCUT2D eigenvalue weighted by atomic mass is 10.1. The number of carbonyl (C=O) groups is 1. The van der Waals surface area contributed by atoms with Crippen molar-refractivity contribution >= 4 is 47.8 Å². The molecule has 0 saturated carbocycles. The topological polar surface area (TPSA) is 66.0 Å². The number of rotatable bonds is 7.